The van der Waals surface area contributed by atoms with E-state index in [0.717, 1.165) is 12.8 Å². The van der Waals surface area contributed by atoms with Gasteiger partial charge in [0.1, 0.15) is 0 Å². The molecule has 0 fully saturated rings. The van der Waals surface area contributed by atoms with E-state index in [-0.39, 0.29) is 12.3 Å². The summed E-state index contributed by atoms with van der Waals surface area (Å²) in [6, 6.07) is 2.00. The first kappa shape index (κ1) is 16.0. The van der Waals surface area contributed by atoms with Crippen molar-refractivity contribution in [3.63, 3.8) is 0 Å². The molecule has 0 bridgehead atoms. The average Bonchev–Trinajstić information content (AvgIpc) is 2.69. The topological polar surface area (TPSA) is 66.4 Å². The standard InChI is InChI=1S/C16H23NO3S/c1-16(2,10-14(18)19)17-15(20)13-9-11-7-5-3-4-6-8-12(11)21-13/h9H,3-8,10H2,1-2H3,(H,17,20)(H,18,19). The van der Waals surface area contributed by atoms with Crippen molar-refractivity contribution in [2.24, 2.45) is 0 Å². The van der Waals surface area contributed by atoms with Crippen LogP contribution in [0.1, 0.15) is 66.1 Å². The fourth-order valence-electron chi connectivity index (χ4n) is 2.75. The summed E-state index contributed by atoms with van der Waals surface area (Å²) in [4.78, 5) is 25.2. The Morgan fingerprint density at radius 1 is 1.24 bits per heavy atom. The normalized spacial score (nSPS) is 15.7. The highest BCUT2D eigenvalue weighted by molar-refractivity contribution is 7.14. The number of hydrogen-bond acceptors (Lipinski definition) is 3. The lowest BCUT2D eigenvalue weighted by atomic mass is 9.99. The van der Waals surface area contributed by atoms with Crippen LogP contribution in [0, 0.1) is 0 Å². The Morgan fingerprint density at radius 3 is 2.57 bits per heavy atom. The van der Waals surface area contributed by atoms with Crippen LogP contribution in [0.5, 0.6) is 0 Å². The van der Waals surface area contributed by atoms with Crippen LogP contribution in [0.25, 0.3) is 0 Å². The summed E-state index contributed by atoms with van der Waals surface area (Å²) in [7, 11) is 0. The lowest BCUT2D eigenvalue weighted by molar-refractivity contribution is -0.138. The predicted octanol–water partition coefficient (Wildman–Crippen LogP) is 3.39. The van der Waals surface area contributed by atoms with Crippen molar-refractivity contribution in [1.29, 1.82) is 0 Å². The highest BCUT2D eigenvalue weighted by Gasteiger charge is 2.25. The molecule has 0 saturated carbocycles. The minimum Gasteiger partial charge on any atom is -0.481 e. The van der Waals surface area contributed by atoms with Gasteiger partial charge in [-0.25, -0.2) is 0 Å². The molecular formula is C16H23NO3S. The van der Waals surface area contributed by atoms with E-state index in [4.69, 9.17) is 5.11 Å². The van der Waals surface area contributed by atoms with Crippen LogP contribution in [0.3, 0.4) is 0 Å². The van der Waals surface area contributed by atoms with Gasteiger partial charge >= 0.3 is 5.97 Å². The number of carboxylic acid groups (broad SMARTS) is 1. The smallest absolute Gasteiger partial charge is 0.305 e. The Hall–Kier alpha value is -1.36. The summed E-state index contributed by atoms with van der Waals surface area (Å²) < 4.78 is 0. The molecule has 1 aromatic rings. The summed E-state index contributed by atoms with van der Waals surface area (Å²) in [5.41, 5.74) is 0.571. The first-order valence-corrected chi connectivity index (χ1v) is 8.35. The number of amides is 1. The lowest BCUT2D eigenvalue weighted by Gasteiger charge is -2.23. The van der Waals surface area contributed by atoms with Crippen molar-refractivity contribution >= 4 is 23.2 Å². The van der Waals surface area contributed by atoms with Crippen LogP contribution >= 0.6 is 11.3 Å². The van der Waals surface area contributed by atoms with Crippen LogP contribution in [0.4, 0.5) is 0 Å². The second-order valence-corrected chi connectivity index (χ2v) is 7.52. The Bertz CT molecular complexity index is 508. The number of fused-ring (bicyclic) bond motifs is 1. The molecule has 2 rings (SSSR count). The van der Waals surface area contributed by atoms with Crippen LogP contribution in [0.2, 0.25) is 0 Å². The summed E-state index contributed by atoms with van der Waals surface area (Å²) >= 11 is 1.57. The highest BCUT2D eigenvalue weighted by atomic mass is 32.1. The van der Waals surface area contributed by atoms with Gasteiger partial charge in [-0.15, -0.1) is 11.3 Å². The van der Waals surface area contributed by atoms with Gasteiger partial charge < -0.3 is 10.4 Å². The number of aliphatic carboxylic acids is 1. The third-order valence-electron chi connectivity index (χ3n) is 3.77. The Labute approximate surface area is 129 Å². The Kier molecular flexibility index (Phi) is 5.04. The maximum absolute atomic E-state index is 12.3. The van der Waals surface area contributed by atoms with Crippen molar-refractivity contribution in [2.75, 3.05) is 0 Å². The first-order valence-electron chi connectivity index (χ1n) is 7.53. The van der Waals surface area contributed by atoms with Crippen LogP contribution in [-0.2, 0) is 17.6 Å². The van der Waals surface area contributed by atoms with Crippen LogP contribution in [-0.4, -0.2) is 22.5 Å². The molecule has 1 aliphatic rings. The van der Waals surface area contributed by atoms with Crippen molar-refractivity contribution in [1.82, 2.24) is 5.32 Å². The van der Waals surface area contributed by atoms with Gasteiger partial charge in [0.15, 0.2) is 0 Å². The molecular weight excluding hydrogens is 286 g/mol. The monoisotopic (exact) mass is 309 g/mol. The largest absolute Gasteiger partial charge is 0.481 e. The zero-order valence-electron chi connectivity index (χ0n) is 12.7. The molecule has 0 saturated heterocycles. The molecule has 0 atom stereocenters. The van der Waals surface area contributed by atoms with Crippen molar-refractivity contribution in [2.45, 2.75) is 64.3 Å². The maximum atomic E-state index is 12.3. The maximum Gasteiger partial charge on any atom is 0.305 e. The molecule has 116 valence electrons. The third-order valence-corrected chi connectivity index (χ3v) is 5.00. The number of carboxylic acids is 1. The number of nitrogens with one attached hydrogen (secondary N) is 1. The van der Waals surface area contributed by atoms with Gasteiger partial charge in [-0.3, -0.25) is 9.59 Å². The van der Waals surface area contributed by atoms with Crippen LogP contribution < -0.4 is 5.32 Å². The molecule has 1 heterocycles. The molecule has 0 spiro atoms. The van der Waals surface area contributed by atoms with Gasteiger partial charge in [0.25, 0.3) is 5.91 Å². The highest BCUT2D eigenvalue weighted by Crippen LogP contribution is 2.28. The number of rotatable bonds is 4. The van der Waals surface area contributed by atoms with Gasteiger partial charge in [0, 0.05) is 10.4 Å². The van der Waals surface area contributed by atoms with E-state index < -0.39 is 11.5 Å². The minimum absolute atomic E-state index is 0.0795. The van der Waals surface area contributed by atoms with Crippen LogP contribution in [0.15, 0.2) is 6.07 Å². The molecule has 1 amide bonds. The number of hydrogen-bond donors (Lipinski definition) is 2. The van der Waals surface area contributed by atoms with Gasteiger partial charge in [0.05, 0.1) is 11.3 Å². The average molecular weight is 309 g/mol. The Balaban J connectivity index is 2.09. The summed E-state index contributed by atoms with van der Waals surface area (Å²) in [5.74, 6) is -1.06. The van der Waals surface area contributed by atoms with Crippen molar-refractivity contribution in [3.05, 3.63) is 21.4 Å². The van der Waals surface area contributed by atoms with E-state index >= 15 is 0 Å². The van der Waals surface area contributed by atoms with Gasteiger partial charge in [-0.1, -0.05) is 12.8 Å². The predicted molar refractivity (Wildman–Crippen MR) is 84.0 cm³/mol. The van der Waals surface area contributed by atoms with E-state index in [1.807, 2.05) is 6.07 Å². The molecule has 1 aliphatic carbocycles. The number of carbonyl (C=O) groups is 2. The summed E-state index contributed by atoms with van der Waals surface area (Å²) in [6.07, 6.45) is 6.95. The lowest BCUT2D eigenvalue weighted by Crippen LogP contribution is -2.44. The molecule has 5 heteroatoms. The quantitative estimate of drug-likeness (QED) is 0.896. The molecule has 0 unspecified atom stereocenters. The van der Waals surface area contributed by atoms with E-state index in [1.165, 1.54) is 36.1 Å². The molecule has 2 N–H and O–H groups in total. The number of aryl methyl sites for hydroxylation is 2. The summed E-state index contributed by atoms with van der Waals surface area (Å²) in [6.45, 7) is 3.48. The first-order chi connectivity index (χ1) is 9.87. The molecule has 4 nitrogen and oxygen atoms in total. The molecule has 1 aromatic heterocycles. The number of thiophene rings is 1. The molecule has 0 aliphatic heterocycles. The van der Waals surface area contributed by atoms with E-state index in [0.29, 0.717) is 4.88 Å². The zero-order chi connectivity index (χ0) is 15.5. The minimum atomic E-state index is -0.904. The van der Waals surface area contributed by atoms with Crippen molar-refractivity contribution in [3.8, 4) is 0 Å². The van der Waals surface area contributed by atoms with Gasteiger partial charge in [0.2, 0.25) is 0 Å². The van der Waals surface area contributed by atoms with Crippen molar-refractivity contribution < 1.29 is 14.7 Å². The number of carbonyl (C=O) groups excluding carboxylic acids is 1. The second-order valence-electron chi connectivity index (χ2n) is 6.38. The zero-order valence-corrected chi connectivity index (χ0v) is 13.5. The van der Waals surface area contributed by atoms with E-state index in [2.05, 4.69) is 5.32 Å². The SMILES string of the molecule is CC(C)(CC(=O)O)NC(=O)c1cc2c(s1)CCCCCC2. The van der Waals surface area contributed by atoms with Gasteiger partial charge in [-0.2, -0.15) is 0 Å². The molecule has 0 radical (unpaired) electrons. The fraction of sp³-hybridized carbons (Fsp3) is 0.625. The van der Waals surface area contributed by atoms with E-state index in [1.54, 1.807) is 25.2 Å². The second kappa shape index (κ2) is 6.60. The van der Waals surface area contributed by atoms with E-state index in [9.17, 15) is 9.59 Å². The Morgan fingerprint density at radius 2 is 1.90 bits per heavy atom. The molecule has 0 aromatic carbocycles. The van der Waals surface area contributed by atoms with Gasteiger partial charge in [-0.05, 0) is 51.2 Å². The molecule has 21 heavy (non-hydrogen) atoms. The third kappa shape index (κ3) is 4.56. The fourth-order valence-corrected chi connectivity index (χ4v) is 3.90. The summed E-state index contributed by atoms with van der Waals surface area (Å²) in [5, 5.41) is 11.7.